The summed E-state index contributed by atoms with van der Waals surface area (Å²) in [7, 11) is -16.4. The van der Waals surface area contributed by atoms with Crippen molar-refractivity contribution in [2.75, 3.05) is 90.8 Å². The number of carbonyl (C=O) groups is 4. The Balaban J connectivity index is 0.000000158. The molecule has 0 aliphatic carbocycles. The zero-order chi connectivity index (χ0) is 102. The van der Waals surface area contributed by atoms with Crippen LogP contribution < -0.4 is 43.2 Å². The molecule has 0 radical (unpaired) electrons. The lowest BCUT2D eigenvalue weighted by molar-refractivity contribution is -0.274. The number of sulfonamides is 4. The maximum absolute atomic E-state index is 14.1. The number of thiophene rings is 4. The van der Waals surface area contributed by atoms with E-state index >= 15 is 0 Å². The van der Waals surface area contributed by atoms with Crippen molar-refractivity contribution >= 4 is 154 Å². The van der Waals surface area contributed by atoms with Crippen molar-refractivity contribution in [2.24, 2.45) is 0 Å². The average Bonchev–Trinajstić information content (AvgIpc) is 1.23. The Morgan fingerprint density at radius 2 is 0.624 bits per heavy atom. The van der Waals surface area contributed by atoms with E-state index in [1.54, 1.807) is 57.9 Å². The van der Waals surface area contributed by atoms with Gasteiger partial charge in [-0.25, -0.2) is 42.5 Å². The summed E-state index contributed by atoms with van der Waals surface area (Å²) in [6.07, 6.45) is 9.98. The van der Waals surface area contributed by atoms with Gasteiger partial charge in [-0.3, -0.25) is 38.1 Å². The predicted octanol–water partition coefficient (Wildman–Crippen LogP) is 24.2. The molecule has 0 spiro atoms. The highest BCUT2D eigenvalue weighted by Crippen LogP contribution is 2.42. The van der Waals surface area contributed by atoms with Crippen molar-refractivity contribution in [1.29, 1.82) is 0 Å². The van der Waals surface area contributed by atoms with E-state index in [0.29, 0.717) is 20.2 Å². The number of aliphatic hydroxyl groups excluding tert-OH is 1. The highest BCUT2D eigenvalue weighted by atomic mass is 32.2. The molecular weight excluding hydrogens is 1960 g/mol. The van der Waals surface area contributed by atoms with Gasteiger partial charge >= 0.3 is 6.36 Å². The maximum Gasteiger partial charge on any atom is 0.573 e. The van der Waals surface area contributed by atoms with Crippen LogP contribution in [0.2, 0.25) is 0 Å². The molecule has 12 aromatic rings. The van der Waals surface area contributed by atoms with Gasteiger partial charge in [0.2, 0.25) is 0 Å². The number of hydrogen-bond donors (Lipinski definition) is 5. The van der Waals surface area contributed by atoms with Crippen LogP contribution in [0, 0.1) is 94.7 Å². The first kappa shape index (κ1) is 107. The molecule has 4 aliphatic heterocycles. The van der Waals surface area contributed by atoms with Crippen molar-refractivity contribution in [2.45, 2.75) is 218 Å². The lowest BCUT2D eigenvalue weighted by Crippen LogP contribution is -2.31. The Labute approximate surface area is 840 Å². The SMILES string of the molecule is Cc1cc(C)c(N2CCCCC2)c(C)c1CC(=O)c1sccc1NS(=O)(=O)c1cccc(F)c1.Cc1cc(C)c(N2CCCCC2)c(C)c1CC(=O)c1sccc1NS(=O)(=O)c1cccc(OC(F)(F)F)c1.Cc1cc(C)c(N2CCCCC2)c(C)c1CC(=O)c1sccc1NS(=O)(=O)c1ccccc1CO.Cc1cc(C)c(N2CCCCC2)c(C)c1CC(=O)c1sccc1NS(=O)(=O)c1ccccc1F. The largest absolute Gasteiger partial charge is 0.573 e. The van der Waals surface area contributed by atoms with Gasteiger partial charge in [-0.1, -0.05) is 66.7 Å². The topological polar surface area (TPSA) is 295 Å². The molecule has 4 aliphatic rings. The van der Waals surface area contributed by atoms with E-state index in [1.165, 1.54) is 186 Å². The molecule has 4 fully saturated rings. The molecule has 0 atom stereocenters. The Hall–Kier alpha value is -11.2. The Morgan fingerprint density at radius 1 is 0.340 bits per heavy atom. The number of halogens is 5. The maximum atomic E-state index is 14.1. The smallest absolute Gasteiger partial charge is 0.406 e. The number of nitrogens with one attached hydrogen (secondary N) is 4. The molecule has 750 valence electrons. The van der Waals surface area contributed by atoms with Crippen molar-refractivity contribution in [3.8, 4) is 5.75 Å². The van der Waals surface area contributed by atoms with Gasteiger partial charge in [0.15, 0.2) is 23.1 Å². The molecule has 22 nitrogen and oxygen atoms in total. The molecule has 35 heteroatoms. The number of hydrogen-bond acceptors (Lipinski definition) is 22. The van der Waals surface area contributed by atoms with Crippen LogP contribution in [0.4, 0.5) is 67.5 Å². The Morgan fingerprint density at radius 3 is 0.929 bits per heavy atom. The molecule has 16 rings (SSSR count). The van der Waals surface area contributed by atoms with E-state index in [0.717, 1.165) is 185 Å². The number of carbonyl (C=O) groups excluding carboxylic acids is 4. The fourth-order valence-corrected chi connectivity index (χ4v) is 27.7. The van der Waals surface area contributed by atoms with E-state index in [-0.39, 0.29) is 86.2 Å². The molecule has 5 N–H and O–H groups in total. The highest BCUT2D eigenvalue weighted by molar-refractivity contribution is 7.93. The molecule has 141 heavy (non-hydrogen) atoms. The first-order chi connectivity index (χ1) is 66.9. The number of benzene rings is 8. The summed E-state index contributed by atoms with van der Waals surface area (Å²) in [5, 5.41) is 16.2. The molecule has 4 aromatic heterocycles. The summed E-state index contributed by atoms with van der Waals surface area (Å²) in [6, 6.07) is 35.1. The van der Waals surface area contributed by atoms with E-state index in [4.69, 9.17) is 0 Å². The van der Waals surface area contributed by atoms with Crippen molar-refractivity contribution in [1.82, 2.24) is 0 Å². The number of aliphatic hydroxyl groups is 1. The van der Waals surface area contributed by atoms with Gasteiger partial charge < -0.3 is 29.4 Å². The van der Waals surface area contributed by atoms with Crippen LogP contribution in [-0.2, 0) is 72.4 Å². The summed E-state index contributed by atoms with van der Waals surface area (Å²) in [5.41, 5.74) is 23.2. The first-order valence-corrected chi connectivity index (χ1v) is 56.4. The summed E-state index contributed by atoms with van der Waals surface area (Å²) >= 11 is 4.73. The van der Waals surface area contributed by atoms with E-state index in [2.05, 4.69) is 116 Å². The molecule has 0 amide bonds. The molecule has 0 unspecified atom stereocenters. The monoisotopic (exact) mass is 2080 g/mol. The van der Waals surface area contributed by atoms with Gasteiger partial charge in [0.05, 0.1) is 63.6 Å². The van der Waals surface area contributed by atoms with Gasteiger partial charge in [-0.2, -0.15) is 0 Å². The molecule has 0 saturated carbocycles. The fourth-order valence-electron chi connectivity index (χ4n) is 19.6. The van der Waals surface area contributed by atoms with Crippen LogP contribution in [0.1, 0.15) is 210 Å². The standard InChI is InChI=1S/C27H29F3N2O4S2.C27H32N2O4S2.2C26H29FN2O3S2/c1-17-14-18(2)25(32-11-5-4-6-12-32)19(3)22(17)16-24(33)26-23(10-13-37-26)31-38(34,35)21-9-7-8-20(15-21)36-27(28,29)30;1-18-15-19(2)26(29-12-7-4-8-13-29)20(3)22(18)16-24(31)27-23(11-14-34-27)28-35(32,33)25-10-6-5-9-21(25)17-30;1-17-15-18(2)25(29-12-7-4-8-13-29)19(3)20(17)16-23(30)26-22(11-14-33-26)28-34(31,32)24-10-6-5-9-21(24)27;1-17-14-18(2)25(29-11-5-4-6-12-29)19(3)22(17)16-24(30)26-23(10-13-33-26)28-34(31,32)21-9-7-8-20(27)15-21/h7-10,13-15,31H,4-6,11-12,16H2,1-3H3;5-6,9-11,14-15,28,30H,4,7-8,12-13,16-17H2,1-3H3;5-6,9-11,14-15,28H,4,7-8,12-13,16H2,1-3H3;7-10,13-15,28H,4-6,11-12,16H2,1-3H3. The van der Waals surface area contributed by atoms with E-state index in [9.17, 15) is 79.9 Å². The summed E-state index contributed by atoms with van der Waals surface area (Å²) in [5.74, 6) is -2.81. The minimum atomic E-state index is -4.96. The minimum Gasteiger partial charge on any atom is -0.406 e. The van der Waals surface area contributed by atoms with Gasteiger partial charge in [0, 0.05) is 107 Å². The summed E-state index contributed by atoms with van der Waals surface area (Å²) < 4.78 is 182. The molecule has 0 bridgehead atoms. The van der Waals surface area contributed by atoms with Gasteiger partial charge in [-0.05, 0) is 349 Å². The molecular formula is C106H119F5N8O14S8. The number of ether oxygens (including phenoxy) is 1. The molecule has 8 heterocycles. The van der Waals surface area contributed by atoms with Gasteiger partial charge in [0.1, 0.15) is 22.3 Å². The van der Waals surface area contributed by atoms with Crippen molar-refractivity contribution < 1.29 is 84.6 Å². The number of nitrogens with zero attached hydrogens (tertiary/aromatic N) is 4. The molecule has 8 aromatic carbocycles. The zero-order valence-corrected chi connectivity index (χ0v) is 87.6. The normalized spacial score (nSPS) is 14.3. The number of anilines is 8. The van der Waals surface area contributed by atoms with E-state index < -0.39 is 80.2 Å². The van der Waals surface area contributed by atoms with E-state index in [1.807, 2.05) is 34.6 Å². The summed E-state index contributed by atoms with van der Waals surface area (Å²) in [4.78, 5) is 63.4. The number of ketones is 4. The van der Waals surface area contributed by atoms with Crippen LogP contribution >= 0.6 is 45.3 Å². The number of piperidine rings is 4. The quantitative estimate of drug-likeness (QED) is 0.0206. The highest BCUT2D eigenvalue weighted by Gasteiger charge is 2.35. The number of rotatable bonds is 30. The second-order valence-corrected chi connectivity index (χ2v) is 46.5. The third-order valence-corrected chi connectivity index (χ3v) is 35.5. The Bertz CT molecular complexity index is 7110. The Kier molecular flexibility index (Phi) is 35.3. The van der Waals surface area contributed by atoms with Crippen LogP contribution in [0.25, 0.3) is 0 Å². The number of alkyl halides is 3. The minimum absolute atomic E-state index is 0.00324. The van der Waals surface area contributed by atoms with Crippen LogP contribution in [0.5, 0.6) is 5.75 Å². The predicted molar refractivity (Wildman–Crippen MR) is 558 cm³/mol. The third kappa shape index (κ3) is 26.1. The van der Waals surface area contributed by atoms with Crippen molar-refractivity contribution in [3.63, 3.8) is 0 Å². The lowest BCUT2D eigenvalue weighted by Gasteiger charge is -2.33. The van der Waals surface area contributed by atoms with Crippen LogP contribution in [0.15, 0.2) is 187 Å². The number of aryl methyl sites for hydroxylation is 8. The number of Topliss-reactive ketones (excluding diaryl/α,β-unsaturated/α-hetero) is 4. The first-order valence-electron chi connectivity index (χ1n) is 46.9. The average molecular weight is 2080 g/mol. The van der Waals surface area contributed by atoms with Gasteiger partial charge in [0.25, 0.3) is 40.1 Å². The van der Waals surface area contributed by atoms with Crippen LogP contribution in [-0.4, -0.2) is 121 Å². The van der Waals surface area contributed by atoms with Crippen LogP contribution in [0.3, 0.4) is 0 Å². The van der Waals surface area contributed by atoms with Gasteiger partial charge in [-0.15, -0.1) is 58.5 Å². The molecule has 4 saturated heterocycles. The fraction of sp³-hybridized carbons (Fsp3) is 0.358. The van der Waals surface area contributed by atoms with Crippen molar-refractivity contribution in [3.05, 3.63) is 293 Å². The second-order valence-electron chi connectivity index (χ2n) is 36.2. The summed E-state index contributed by atoms with van der Waals surface area (Å²) in [6.45, 7) is 32.5. The lowest BCUT2D eigenvalue weighted by atomic mass is 9.92. The zero-order valence-electron chi connectivity index (χ0n) is 81.0. The third-order valence-electron chi connectivity index (χ3n) is 26.1. The second kappa shape index (κ2) is 46.5.